The van der Waals surface area contributed by atoms with E-state index in [0.717, 1.165) is 39.0 Å². The van der Waals surface area contributed by atoms with Gasteiger partial charge in [0.15, 0.2) is 0 Å². The first kappa shape index (κ1) is 25.1. The highest BCUT2D eigenvalue weighted by molar-refractivity contribution is 5.95. The van der Waals surface area contributed by atoms with Crippen molar-refractivity contribution in [3.8, 4) is 22.3 Å². The van der Waals surface area contributed by atoms with E-state index in [9.17, 15) is 18.7 Å². The number of aryl methyl sites for hydroxylation is 2. The summed E-state index contributed by atoms with van der Waals surface area (Å²) in [5, 5.41) is 13.7. The third-order valence-electron chi connectivity index (χ3n) is 7.78. The molecular formula is C29H31F2N3O3. The summed E-state index contributed by atoms with van der Waals surface area (Å²) in [5.41, 5.74) is 5.85. The van der Waals surface area contributed by atoms with E-state index in [1.54, 1.807) is 13.8 Å². The molecule has 0 radical (unpaired) electrons. The Kier molecular flexibility index (Phi) is 6.16. The lowest BCUT2D eigenvalue weighted by molar-refractivity contribution is -0.142. The van der Waals surface area contributed by atoms with E-state index in [-0.39, 0.29) is 18.8 Å². The Balaban J connectivity index is 1.58. The summed E-state index contributed by atoms with van der Waals surface area (Å²) in [5.74, 6) is -2.58. The molecule has 8 heteroatoms. The van der Waals surface area contributed by atoms with E-state index in [1.807, 2.05) is 50.5 Å². The van der Waals surface area contributed by atoms with Crippen molar-refractivity contribution in [2.24, 2.45) is 5.92 Å². The maximum atomic E-state index is 13.8. The van der Waals surface area contributed by atoms with Crippen LogP contribution in [0.4, 0.5) is 8.78 Å². The Labute approximate surface area is 214 Å². The highest BCUT2D eigenvalue weighted by Gasteiger charge is 2.35. The maximum absolute atomic E-state index is 13.8. The summed E-state index contributed by atoms with van der Waals surface area (Å²) >= 11 is 0. The van der Waals surface area contributed by atoms with E-state index < -0.39 is 17.3 Å². The molecule has 1 saturated carbocycles. The molecule has 3 heterocycles. The normalized spacial score (nSPS) is 16.4. The fourth-order valence-corrected chi connectivity index (χ4v) is 5.31. The molecule has 6 nitrogen and oxygen atoms in total. The second-order valence-corrected chi connectivity index (χ2v) is 10.8. The maximum Gasteiger partial charge on any atom is 0.313 e. The molecule has 194 valence electrons. The predicted molar refractivity (Wildman–Crippen MR) is 138 cm³/mol. The summed E-state index contributed by atoms with van der Waals surface area (Å²) in [6.07, 6.45) is 4.67. The summed E-state index contributed by atoms with van der Waals surface area (Å²) in [6, 6.07) is 9.59. The second kappa shape index (κ2) is 9.08. The summed E-state index contributed by atoms with van der Waals surface area (Å²) in [7, 11) is 0. The van der Waals surface area contributed by atoms with Gasteiger partial charge in [-0.3, -0.25) is 9.78 Å². The zero-order valence-electron chi connectivity index (χ0n) is 21.5. The van der Waals surface area contributed by atoms with Gasteiger partial charge in [0.25, 0.3) is 0 Å². The van der Waals surface area contributed by atoms with E-state index in [4.69, 9.17) is 9.51 Å². The summed E-state index contributed by atoms with van der Waals surface area (Å²) in [4.78, 5) is 16.5. The minimum absolute atomic E-state index is 0.0763. The van der Waals surface area contributed by atoms with Crippen molar-refractivity contribution in [1.82, 2.24) is 14.7 Å². The van der Waals surface area contributed by atoms with Crippen LogP contribution in [-0.4, -0.2) is 31.7 Å². The molecule has 1 aromatic carbocycles. The Morgan fingerprint density at radius 3 is 2.43 bits per heavy atom. The standard InChI is InChI=1S/C29H31F2N3O3/c1-17-25(18(2)37-33-17)21-13-24-26(32-14-21)23(16-34(24)15-19-9-11-29(30,31)12-10-19)20-5-7-22(8-6-20)28(3,4)27(35)36/h5-8,13-14,16,19H,9-12,15H2,1-4H3,(H,35,36). The number of fused-ring (bicyclic) bond motifs is 1. The number of alkyl halides is 2. The van der Waals surface area contributed by atoms with Gasteiger partial charge in [-0.1, -0.05) is 29.4 Å². The monoisotopic (exact) mass is 507 g/mol. The molecule has 0 spiro atoms. The largest absolute Gasteiger partial charge is 0.481 e. The molecule has 4 aromatic rings. The third kappa shape index (κ3) is 4.65. The Morgan fingerprint density at radius 2 is 1.84 bits per heavy atom. The van der Waals surface area contributed by atoms with E-state index in [0.29, 0.717) is 30.7 Å². The van der Waals surface area contributed by atoms with Crippen LogP contribution in [-0.2, 0) is 16.8 Å². The van der Waals surface area contributed by atoms with Crippen LogP contribution in [0.2, 0.25) is 0 Å². The number of pyridine rings is 1. The minimum Gasteiger partial charge on any atom is -0.481 e. The molecule has 1 fully saturated rings. The van der Waals surface area contributed by atoms with E-state index >= 15 is 0 Å². The number of carbonyl (C=O) groups is 1. The zero-order valence-corrected chi connectivity index (χ0v) is 21.5. The van der Waals surface area contributed by atoms with Gasteiger partial charge in [0.2, 0.25) is 5.92 Å². The lowest BCUT2D eigenvalue weighted by atomic mass is 9.84. The quantitative estimate of drug-likeness (QED) is 0.299. The van der Waals surface area contributed by atoms with Crippen molar-refractivity contribution in [1.29, 1.82) is 0 Å². The highest BCUT2D eigenvalue weighted by Crippen LogP contribution is 2.39. The molecule has 0 bridgehead atoms. The van der Waals surface area contributed by atoms with Crippen molar-refractivity contribution in [2.45, 2.75) is 71.3 Å². The van der Waals surface area contributed by atoms with Crippen molar-refractivity contribution < 1.29 is 23.2 Å². The number of halogens is 2. The van der Waals surface area contributed by atoms with E-state index in [2.05, 4.69) is 15.8 Å². The fourth-order valence-electron chi connectivity index (χ4n) is 5.31. The van der Waals surface area contributed by atoms with Gasteiger partial charge in [0.1, 0.15) is 5.76 Å². The molecule has 0 aliphatic heterocycles. The number of benzene rings is 1. The Morgan fingerprint density at radius 1 is 1.16 bits per heavy atom. The smallest absolute Gasteiger partial charge is 0.313 e. The van der Waals surface area contributed by atoms with Crippen molar-refractivity contribution in [2.75, 3.05) is 0 Å². The van der Waals surface area contributed by atoms with Crippen LogP contribution in [0, 0.1) is 19.8 Å². The Hall–Kier alpha value is -3.55. The number of hydrogen-bond acceptors (Lipinski definition) is 4. The number of aliphatic carboxylic acids is 1. The van der Waals surface area contributed by atoms with Gasteiger partial charge in [-0.15, -0.1) is 0 Å². The molecule has 0 amide bonds. The first-order valence-corrected chi connectivity index (χ1v) is 12.6. The van der Waals surface area contributed by atoms with Gasteiger partial charge in [-0.2, -0.15) is 0 Å². The number of rotatable bonds is 6. The lowest BCUT2D eigenvalue weighted by Crippen LogP contribution is -2.28. The lowest BCUT2D eigenvalue weighted by Gasteiger charge is -2.28. The van der Waals surface area contributed by atoms with Gasteiger partial charge in [0, 0.05) is 48.5 Å². The molecule has 37 heavy (non-hydrogen) atoms. The number of carboxylic acid groups (broad SMARTS) is 1. The van der Waals surface area contributed by atoms with Crippen molar-refractivity contribution in [3.63, 3.8) is 0 Å². The molecule has 1 N–H and O–H groups in total. The molecule has 0 saturated heterocycles. The SMILES string of the molecule is Cc1noc(C)c1-c1cnc2c(-c3ccc(C(C)(C)C(=O)O)cc3)cn(CC3CCC(F)(F)CC3)c2c1. The Bertz CT molecular complexity index is 1440. The number of hydrogen-bond donors (Lipinski definition) is 1. The molecule has 1 aliphatic carbocycles. The fraction of sp³-hybridized carbons (Fsp3) is 0.414. The highest BCUT2D eigenvalue weighted by atomic mass is 19.3. The van der Waals surface area contributed by atoms with Crippen molar-refractivity contribution in [3.05, 3.63) is 59.7 Å². The van der Waals surface area contributed by atoms with Crippen LogP contribution in [0.3, 0.4) is 0 Å². The van der Waals surface area contributed by atoms with Crippen LogP contribution in [0.5, 0.6) is 0 Å². The van der Waals surface area contributed by atoms with Crippen molar-refractivity contribution >= 4 is 17.0 Å². The molecule has 3 aromatic heterocycles. The average Bonchev–Trinajstić information content (AvgIpc) is 3.39. The first-order chi connectivity index (χ1) is 17.5. The van der Waals surface area contributed by atoms with Crippen LogP contribution in [0.1, 0.15) is 56.5 Å². The summed E-state index contributed by atoms with van der Waals surface area (Å²) < 4.78 is 35.1. The van der Waals surface area contributed by atoms with Crippen LogP contribution in [0.15, 0.2) is 47.2 Å². The average molecular weight is 508 g/mol. The minimum atomic E-state index is -2.57. The van der Waals surface area contributed by atoms with Gasteiger partial charge in [0.05, 0.1) is 22.1 Å². The summed E-state index contributed by atoms with van der Waals surface area (Å²) in [6.45, 7) is 7.75. The molecule has 1 aliphatic rings. The predicted octanol–water partition coefficient (Wildman–Crippen LogP) is 7.16. The molecule has 5 rings (SSSR count). The third-order valence-corrected chi connectivity index (χ3v) is 7.78. The first-order valence-electron chi connectivity index (χ1n) is 12.6. The van der Waals surface area contributed by atoms with Gasteiger partial charge in [-0.05, 0) is 63.6 Å². The molecular weight excluding hydrogens is 476 g/mol. The number of aromatic nitrogens is 3. The second-order valence-electron chi connectivity index (χ2n) is 10.8. The number of nitrogens with zero attached hydrogens (tertiary/aromatic N) is 3. The topological polar surface area (TPSA) is 81.2 Å². The number of carboxylic acids is 1. The van der Waals surface area contributed by atoms with Gasteiger partial charge in [-0.25, -0.2) is 8.78 Å². The van der Waals surface area contributed by atoms with Crippen LogP contribution in [0.25, 0.3) is 33.3 Å². The zero-order chi connectivity index (χ0) is 26.5. The van der Waals surface area contributed by atoms with Crippen LogP contribution >= 0.6 is 0 Å². The van der Waals surface area contributed by atoms with Gasteiger partial charge >= 0.3 is 5.97 Å². The van der Waals surface area contributed by atoms with Crippen LogP contribution < -0.4 is 0 Å². The molecule has 0 unspecified atom stereocenters. The van der Waals surface area contributed by atoms with Gasteiger partial charge < -0.3 is 14.2 Å². The van der Waals surface area contributed by atoms with E-state index in [1.165, 1.54) is 0 Å². The molecule has 0 atom stereocenters.